The number of halogens is 2. The summed E-state index contributed by atoms with van der Waals surface area (Å²) in [6.07, 6.45) is 0.00369. The van der Waals surface area contributed by atoms with E-state index in [0.29, 0.717) is 16.1 Å². The summed E-state index contributed by atoms with van der Waals surface area (Å²) < 4.78 is 12.9. The minimum absolute atomic E-state index is 0.00369. The maximum absolute atomic E-state index is 12.9. The smallest absolute Gasteiger partial charge is 0.247 e. The average molecular weight is 335 g/mol. The molecule has 0 bridgehead atoms. The minimum Gasteiger partial charge on any atom is -0.367 e. The summed E-state index contributed by atoms with van der Waals surface area (Å²) in [6.45, 7) is 1.52. The van der Waals surface area contributed by atoms with Gasteiger partial charge in [0.15, 0.2) is 0 Å². The molecular formula is C17H16ClFN2O2. The molecule has 0 aliphatic rings. The van der Waals surface area contributed by atoms with Gasteiger partial charge in [0, 0.05) is 5.02 Å². The standard InChI is InChI=1S/C17H16ClFN2O2/c1-17(16(20)23,12-3-2-4-13(18)10-12)21-15(22)9-11-5-7-14(19)8-6-11/h2-8,10H,9H2,1H3,(H2,20,23)(H,21,22)/t17-/m0/s1. The molecule has 120 valence electrons. The first-order valence-corrected chi connectivity index (χ1v) is 7.30. The zero-order valence-electron chi connectivity index (χ0n) is 12.5. The molecule has 0 radical (unpaired) electrons. The van der Waals surface area contributed by atoms with Gasteiger partial charge in [0.25, 0.3) is 0 Å². The molecule has 0 fully saturated rings. The lowest BCUT2D eigenvalue weighted by Gasteiger charge is -2.28. The maximum Gasteiger partial charge on any atom is 0.247 e. The number of rotatable bonds is 5. The Balaban J connectivity index is 2.20. The Morgan fingerprint density at radius 2 is 1.87 bits per heavy atom. The first-order chi connectivity index (χ1) is 10.8. The van der Waals surface area contributed by atoms with E-state index in [1.807, 2.05) is 0 Å². The van der Waals surface area contributed by atoms with Crippen LogP contribution in [0.2, 0.25) is 5.02 Å². The first kappa shape index (κ1) is 17.0. The molecule has 6 heteroatoms. The van der Waals surface area contributed by atoms with Crippen molar-refractivity contribution in [2.75, 3.05) is 0 Å². The number of nitrogens with one attached hydrogen (secondary N) is 1. The van der Waals surface area contributed by atoms with Crippen molar-refractivity contribution >= 4 is 23.4 Å². The molecule has 3 N–H and O–H groups in total. The van der Waals surface area contributed by atoms with E-state index in [0.717, 1.165) is 0 Å². The van der Waals surface area contributed by atoms with Crippen LogP contribution in [0.1, 0.15) is 18.1 Å². The lowest BCUT2D eigenvalue weighted by Crippen LogP contribution is -2.53. The number of carbonyl (C=O) groups excluding carboxylic acids is 2. The SMILES string of the molecule is C[C@@](NC(=O)Cc1ccc(F)cc1)(C(N)=O)c1cccc(Cl)c1. The number of primary amides is 1. The second kappa shape index (κ2) is 6.79. The lowest BCUT2D eigenvalue weighted by atomic mass is 9.91. The highest BCUT2D eigenvalue weighted by Crippen LogP contribution is 2.23. The maximum atomic E-state index is 12.9. The molecule has 0 saturated carbocycles. The van der Waals surface area contributed by atoms with Crippen LogP contribution in [0.3, 0.4) is 0 Å². The molecule has 0 unspecified atom stereocenters. The number of nitrogens with two attached hydrogens (primary N) is 1. The van der Waals surface area contributed by atoms with Crippen LogP contribution in [0, 0.1) is 5.82 Å². The predicted octanol–water partition coefficient (Wildman–Crippen LogP) is 2.54. The number of hydrogen-bond acceptors (Lipinski definition) is 2. The van der Waals surface area contributed by atoms with E-state index in [4.69, 9.17) is 17.3 Å². The van der Waals surface area contributed by atoms with Crippen LogP contribution in [0.4, 0.5) is 4.39 Å². The number of carbonyl (C=O) groups is 2. The third kappa shape index (κ3) is 4.07. The molecule has 0 spiro atoms. The Hall–Kier alpha value is -2.40. The molecule has 0 aliphatic heterocycles. The summed E-state index contributed by atoms with van der Waals surface area (Å²) in [5.74, 6) is -1.49. The van der Waals surface area contributed by atoms with Crippen LogP contribution in [-0.4, -0.2) is 11.8 Å². The van der Waals surface area contributed by atoms with Crippen molar-refractivity contribution in [3.05, 3.63) is 70.5 Å². The molecule has 1 atom stereocenters. The van der Waals surface area contributed by atoms with Gasteiger partial charge < -0.3 is 11.1 Å². The van der Waals surface area contributed by atoms with Crippen LogP contribution in [0.25, 0.3) is 0 Å². The van der Waals surface area contributed by atoms with Gasteiger partial charge in [-0.25, -0.2) is 4.39 Å². The fourth-order valence-electron chi connectivity index (χ4n) is 2.19. The van der Waals surface area contributed by atoms with E-state index in [2.05, 4.69) is 5.32 Å². The first-order valence-electron chi connectivity index (χ1n) is 6.92. The summed E-state index contributed by atoms with van der Waals surface area (Å²) in [5.41, 5.74) is 5.20. The van der Waals surface area contributed by atoms with Crippen molar-refractivity contribution in [1.29, 1.82) is 0 Å². The Bertz CT molecular complexity index is 734. The molecule has 2 rings (SSSR count). The van der Waals surface area contributed by atoms with Gasteiger partial charge >= 0.3 is 0 Å². The lowest BCUT2D eigenvalue weighted by molar-refractivity contribution is -0.131. The Kier molecular flexibility index (Phi) is 5.01. The highest BCUT2D eigenvalue weighted by atomic mass is 35.5. The summed E-state index contributed by atoms with van der Waals surface area (Å²) in [4.78, 5) is 24.1. The monoisotopic (exact) mass is 334 g/mol. The average Bonchev–Trinajstić information content (AvgIpc) is 2.49. The Morgan fingerprint density at radius 1 is 1.22 bits per heavy atom. The third-order valence-electron chi connectivity index (χ3n) is 3.56. The highest BCUT2D eigenvalue weighted by Gasteiger charge is 2.35. The summed E-state index contributed by atoms with van der Waals surface area (Å²) in [6, 6.07) is 12.1. The normalized spacial score (nSPS) is 13.2. The van der Waals surface area contributed by atoms with E-state index >= 15 is 0 Å². The highest BCUT2D eigenvalue weighted by molar-refractivity contribution is 6.30. The molecule has 0 aromatic heterocycles. The van der Waals surface area contributed by atoms with Gasteiger partial charge in [-0.05, 0) is 42.3 Å². The van der Waals surface area contributed by atoms with Crippen molar-refractivity contribution in [2.45, 2.75) is 18.9 Å². The van der Waals surface area contributed by atoms with Gasteiger partial charge in [-0.2, -0.15) is 0 Å². The zero-order valence-corrected chi connectivity index (χ0v) is 13.2. The molecule has 0 heterocycles. The summed E-state index contributed by atoms with van der Waals surface area (Å²) in [5, 5.41) is 3.07. The molecule has 2 aromatic carbocycles. The molecule has 23 heavy (non-hydrogen) atoms. The van der Waals surface area contributed by atoms with E-state index in [-0.39, 0.29) is 12.2 Å². The van der Waals surface area contributed by atoms with Gasteiger partial charge in [0.1, 0.15) is 11.4 Å². The second-order valence-electron chi connectivity index (χ2n) is 5.35. The van der Waals surface area contributed by atoms with E-state index in [1.165, 1.54) is 31.2 Å². The van der Waals surface area contributed by atoms with Gasteiger partial charge in [-0.3, -0.25) is 9.59 Å². The number of amides is 2. The van der Waals surface area contributed by atoms with E-state index < -0.39 is 17.4 Å². The van der Waals surface area contributed by atoms with Crippen molar-refractivity contribution in [2.24, 2.45) is 5.73 Å². The van der Waals surface area contributed by atoms with Crippen LogP contribution >= 0.6 is 11.6 Å². The largest absolute Gasteiger partial charge is 0.367 e. The molecule has 2 aromatic rings. The number of benzene rings is 2. The molecule has 4 nitrogen and oxygen atoms in total. The second-order valence-corrected chi connectivity index (χ2v) is 5.79. The van der Waals surface area contributed by atoms with E-state index in [9.17, 15) is 14.0 Å². The molecule has 0 saturated heterocycles. The summed E-state index contributed by atoms with van der Waals surface area (Å²) in [7, 11) is 0. The van der Waals surface area contributed by atoms with Crippen LogP contribution < -0.4 is 11.1 Å². The van der Waals surface area contributed by atoms with Gasteiger partial charge in [-0.15, -0.1) is 0 Å². The topological polar surface area (TPSA) is 72.2 Å². The predicted molar refractivity (Wildman–Crippen MR) is 86.2 cm³/mol. The van der Waals surface area contributed by atoms with Crippen LogP contribution in [0.5, 0.6) is 0 Å². The number of hydrogen-bond donors (Lipinski definition) is 2. The Labute approximate surface area is 138 Å². The molecule has 2 amide bonds. The van der Waals surface area contributed by atoms with Crippen LogP contribution in [-0.2, 0) is 21.5 Å². The van der Waals surface area contributed by atoms with Crippen molar-refractivity contribution in [3.8, 4) is 0 Å². The molecular weight excluding hydrogens is 319 g/mol. The Morgan fingerprint density at radius 3 is 2.43 bits per heavy atom. The van der Waals surface area contributed by atoms with Gasteiger partial charge in [0.05, 0.1) is 6.42 Å². The van der Waals surface area contributed by atoms with Gasteiger partial charge in [-0.1, -0.05) is 35.9 Å². The van der Waals surface area contributed by atoms with Crippen LogP contribution in [0.15, 0.2) is 48.5 Å². The van der Waals surface area contributed by atoms with Crippen molar-refractivity contribution in [3.63, 3.8) is 0 Å². The zero-order chi connectivity index (χ0) is 17.0. The van der Waals surface area contributed by atoms with Gasteiger partial charge in [0.2, 0.25) is 11.8 Å². The van der Waals surface area contributed by atoms with E-state index in [1.54, 1.807) is 24.3 Å². The van der Waals surface area contributed by atoms with Crippen molar-refractivity contribution < 1.29 is 14.0 Å². The quantitative estimate of drug-likeness (QED) is 0.882. The fraction of sp³-hybridized carbons (Fsp3) is 0.176. The summed E-state index contributed by atoms with van der Waals surface area (Å²) >= 11 is 5.94. The molecule has 0 aliphatic carbocycles. The third-order valence-corrected chi connectivity index (χ3v) is 3.80. The fourth-order valence-corrected chi connectivity index (χ4v) is 2.38. The minimum atomic E-state index is -1.39. The van der Waals surface area contributed by atoms with Crippen molar-refractivity contribution in [1.82, 2.24) is 5.32 Å².